The third-order valence-corrected chi connectivity index (χ3v) is 2.49. The highest BCUT2D eigenvalue weighted by molar-refractivity contribution is 5.36. The molecule has 0 spiro atoms. The molecule has 0 radical (unpaired) electrons. The van der Waals surface area contributed by atoms with Crippen LogP contribution in [0.5, 0.6) is 0 Å². The molecule has 70 valence electrons. The normalized spacial score (nSPS) is 22.2. The van der Waals surface area contributed by atoms with E-state index in [9.17, 15) is 0 Å². The maximum atomic E-state index is 5.61. The second-order valence-corrected chi connectivity index (χ2v) is 3.40. The first-order chi connectivity index (χ1) is 6.40. The van der Waals surface area contributed by atoms with Gasteiger partial charge < -0.3 is 10.6 Å². The van der Waals surface area contributed by atoms with Gasteiger partial charge in [-0.25, -0.2) is 4.98 Å². The Morgan fingerprint density at radius 2 is 2.46 bits per heavy atom. The van der Waals surface area contributed by atoms with Crippen LogP contribution in [0.25, 0.3) is 0 Å². The lowest BCUT2D eigenvalue weighted by Crippen LogP contribution is -2.23. The maximum absolute atomic E-state index is 5.61. The summed E-state index contributed by atoms with van der Waals surface area (Å²) in [5, 5.41) is 0. The van der Waals surface area contributed by atoms with Crippen LogP contribution in [0.3, 0.4) is 0 Å². The van der Waals surface area contributed by atoms with Gasteiger partial charge in [0.25, 0.3) is 0 Å². The summed E-state index contributed by atoms with van der Waals surface area (Å²) in [6, 6.07) is 0. The van der Waals surface area contributed by atoms with Crippen LogP contribution in [-0.2, 0) is 0 Å². The Balaban J connectivity index is 2.04. The standard InChI is InChI=1S/C9H14N4/c10-5-8-1-4-13(7-8)9-6-11-2-3-12-9/h2-3,6,8H,1,4-5,7,10H2/t8-/m0/s1. The fourth-order valence-corrected chi connectivity index (χ4v) is 1.69. The van der Waals surface area contributed by atoms with Crippen molar-refractivity contribution in [2.45, 2.75) is 6.42 Å². The average molecular weight is 178 g/mol. The Hall–Kier alpha value is -1.16. The molecule has 2 rings (SSSR count). The van der Waals surface area contributed by atoms with E-state index in [0.717, 1.165) is 25.5 Å². The second-order valence-electron chi connectivity index (χ2n) is 3.40. The van der Waals surface area contributed by atoms with Gasteiger partial charge >= 0.3 is 0 Å². The SMILES string of the molecule is NC[C@@H]1CCN(c2cnccn2)C1. The van der Waals surface area contributed by atoms with Crippen LogP contribution in [0.4, 0.5) is 5.82 Å². The van der Waals surface area contributed by atoms with Gasteiger partial charge in [0.05, 0.1) is 6.20 Å². The summed E-state index contributed by atoms with van der Waals surface area (Å²) >= 11 is 0. The van der Waals surface area contributed by atoms with Crippen molar-refractivity contribution in [3.8, 4) is 0 Å². The molecule has 0 saturated carbocycles. The van der Waals surface area contributed by atoms with E-state index in [1.54, 1.807) is 18.6 Å². The quantitative estimate of drug-likeness (QED) is 0.706. The van der Waals surface area contributed by atoms with Crippen molar-refractivity contribution >= 4 is 5.82 Å². The van der Waals surface area contributed by atoms with Gasteiger partial charge in [-0.05, 0) is 18.9 Å². The molecular formula is C9H14N4. The average Bonchev–Trinajstić information content (AvgIpc) is 2.67. The van der Waals surface area contributed by atoms with Crippen LogP contribution in [0.15, 0.2) is 18.6 Å². The van der Waals surface area contributed by atoms with E-state index in [-0.39, 0.29) is 0 Å². The molecule has 2 heterocycles. The van der Waals surface area contributed by atoms with Gasteiger partial charge in [0.1, 0.15) is 5.82 Å². The summed E-state index contributed by atoms with van der Waals surface area (Å²) in [5.41, 5.74) is 5.61. The van der Waals surface area contributed by atoms with Crippen molar-refractivity contribution in [3.63, 3.8) is 0 Å². The first-order valence-electron chi connectivity index (χ1n) is 4.61. The Morgan fingerprint density at radius 1 is 1.54 bits per heavy atom. The van der Waals surface area contributed by atoms with Crippen molar-refractivity contribution in [1.29, 1.82) is 0 Å². The number of nitrogens with two attached hydrogens (primary N) is 1. The smallest absolute Gasteiger partial charge is 0.147 e. The van der Waals surface area contributed by atoms with E-state index in [1.807, 2.05) is 0 Å². The van der Waals surface area contributed by atoms with E-state index < -0.39 is 0 Å². The fourth-order valence-electron chi connectivity index (χ4n) is 1.69. The lowest BCUT2D eigenvalue weighted by Gasteiger charge is -2.15. The molecule has 2 N–H and O–H groups in total. The summed E-state index contributed by atoms with van der Waals surface area (Å²) in [6.07, 6.45) is 6.40. The minimum absolute atomic E-state index is 0.627. The molecule has 4 nitrogen and oxygen atoms in total. The van der Waals surface area contributed by atoms with Crippen molar-refractivity contribution < 1.29 is 0 Å². The van der Waals surface area contributed by atoms with Crippen LogP contribution in [0, 0.1) is 5.92 Å². The van der Waals surface area contributed by atoms with Gasteiger partial charge in [-0.15, -0.1) is 0 Å². The predicted octanol–water partition coefficient (Wildman–Crippen LogP) is 0.262. The molecular weight excluding hydrogens is 164 g/mol. The molecule has 0 aromatic carbocycles. The molecule has 1 aliphatic rings. The third kappa shape index (κ3) is 1.78. The summed E-state index contributed by atoms with van der Waals surface area (Å²) < 4.78 is 0. The molecule has 4 heteroatoms. The summed E-state index contributed by atoms with van der Waals surface area (Å²) in [5.74, 6) is 1.60. The van der Waals surface area contributed by atoms with Crippen LogP contribution in [0.1, 0.15) is 6.42 Å². The van der Waals surface area contributed by atoms with Crippen LogP contribution in [0.2, 0.25) is 0 Å². The Labute approximate surface area is 77.8 Å². The molecule has 1 aromatic rings. The lowest BCUT2D eigenvalue weighted by molar-refractivity contribution is 0.602. The van der Waals surface area contributed by atoms with Gasteiger partial charge in [0.2, 0.25) is 0 Å². The first kappa shape index (κ1) is 8.44. The van der Waals surface area contributed by atoms with Gasteiger partial charge in [-0.3, -0.25) is 4.98 Å². The summed E-state index contributed by atoms with van der Waals surface area (Å²) in [4.78, 5) is 10.5. The molecule has 0 bridgehead atoms. The van der Waals surface area contributed by atoms with Gasteiger partial charge in [-0.2, -0.15) is 0 Å². The van der Waals surface area contributed by atoms with E-state index in [4.69, 9.17) is 5.73 Å². The van der Waals surface area contributed by atoms with Gasteiger partial charge in [-0.1, -0.05) is 0 Å². The van der Waals surface area contributed by atoms with E-state index >= 15 is 0 Å². The van der Waals surface area contributed by atoms with E-state index in [1.165, 1.54) is 6.42 Å². The monoisotopic (exact) mass is 178 g/mol. The minimum Gasteiger partial charge on any atom is -0.355 e. The highest BCUT2D eigenvalue weighted by Crippen LogP contribution is 2.19. The number of hydrogen-bond donors (Lipinski definition) is 1. The second kappa shape index (κ2) is 3.70. The van der Waals surface area contributed by atoms with Crippen molar-refractivity contribution in [2.75, 3.05) is 24.5 Å². The fraction of sp³-hybridized carbons (Fsp3) is 0.556. The van der Waals surface area contributed by atoms with Crippen molar-refractivity contribution in [3.05, 3.63) is 18.6 Å². The number of hydrogen-bond acceptors (Lipinski definition) is 4. The zero-order valence-electron chi connectivity index (χ0n) is 7.56. The number of nitrogens with zero attached hydrogens (tertiary/aromatic N) is 3. The zero-order chi connectivity index (χ0) is 9.10. The van der Waals surface area contributed by atoms with Crippen LogP contribution >= 0.6 is 0 Å². The topological polar surface area (TPSA) is 55.0 Å². The van der Waals surface area contributed by atoms with Crippen LogP contribution < -0.4 is 10.6 Å². The predicted molar refractivity (Wildman–Crippen MR) is 51.4 cm³/mol. The largest absolute Gasteiger partial charge is 0.355 e. The molecule has 1 fully saturated rings. The number of anilines is 1. The molecule has 0 aliphatic carbocycles. The van der Waals surface area contributed by atoms with Gasteiger partial charge in [0.15, 0.2) is 0 Å². The van der Waals surface area contributed by atoms with E-state index in [0.29, 0.717) is 5.92 Å². The van der Waals surface area contributed by atoms with Gasteiger partial charge in [0, 0.05) is 25.5 Å². The number of aromatic nitrogens is 2. The minimum atomic E-state index is 0.627. The van der Waals surface area contributed by atoms with E-state index in [2.05, 4.69) is 14.9 Å². The molecule has 0 unspecified atom stereocenters. The highest BCUT2D eigenvalue weighted by atomic mass is 15.2. The molecule has 1 aromatic heterocycles. The molecule has 1 saturated heterocycles. The molecule has 13 heavy (non-hydrogen) atoms. The highest BCUT2D eigenvalue weighted by Gasteiger charge is 2.21. The Kier molecular flexibility index (Phi) is 2.40. The first-order valence-corrected chi connectivity index (χ1v) is 4.61. The van der Waals surface area contributed by atoms with Crippen molar-refractivity contribution in [2.24, 2.45) is 11.7 Å². The number of rotatable bonds is 2. The lowest BCUT2D eigenvalue weighted by atomic mass is 10.1. The molecule has 1 atom stereocenters. The molecule has 0 amide bonds. The maximum Gasteiger partial charge on any atom is 0.147 e. The Bertz CT molecular complexity index is 262. The summed E-state index contributed by atoms with van der Waals surface area (Å²) in [6.45, 7) is 2.85. The van der Waals surface area contributed by atoms with Crippen molar-refractivity contribution in [1.82, 2.24) is 9.97 Å². The zero-order valence-corrected chi connectivity index (χ0v) is 7.56. The third-order valence-electron chi connectivity index (χ3n) is 2.49. The van der Waals surface area contributed by atoms with Crippen LogP contribution in [-0.4, -0.2) is 29.6 Å². The summed E-state index contributed by atoms with van der Waals surface area (Å²) in [7, 11) is 0. The molecule has 1 aliphatic heterocycles. The Morgan fingerprint density at radius 3 is 3.08 bits per heavy atom.